The van der Waals surface area contributed by atoms with Crippen molar-refractivity contribution in [3.63, 3.8) is 0 Å². The van der Waals surface area contributed by atoms with Gasteiger partial charge in [-0.05, 0) is 76.9 Å². The second kappa shape index (κ2) is 11.5. The molecular formula is C21H38N2O2. The van der Waals surface area contributed by atoms with Gasteiger partial charge in [0.05, 0.1) is 0 Å². The lowest BCUT2D eigenvalue weighted by Gasteiger charge is -2.21. The van der Waals surface area contributed by atoms with E-state index in [2.05, 4.69) is 57.0 Å². The topological polar surface area (TPSA) is 44.7 Å². The van der Waals surface area contributed by atoms with Crippen LogP contribution < -0.4 is 10.1 Å². The zero-order chi connectivity index (χ0) is 18.8. The van der Waals surface area contributed by atoms with E-state index >= 15 is 0 Å². The quantitative estimate of drug-likeness (QED) is 0.606. The molecule has 4 nitrogen and oxygen atoms in total. The maximum Gasteiger partial charge on any atom is 0.125 e. The summed E-state index contributed by atoms with van der Waals surface area (Å²) < 4.78 is 5.89. The van der Waals surface area contributed by atoms with E-state index in [1.807, 2.05) is 6.92 Å². The molecule has 0 unspecified atom stereocenters. The molecule has 0 amide bonds. The Balaban J connectivity index is 2.29. The van der Waals surface area contributed by atoms with Crippen LogP contribution in [0.5, 0.6) is 5.75 Å². The van der Waals surface area contributed by atoms with E-state index in [4.69, 9.17) is 4.74 Å². The zero-order valence-electron chi connectivity index (χ0n) is 17.1. The Morgan fingerprint density at radius 3 is 2.40 bits per heavy atom. The van der Waals surface area contributed by atoms with Gasteiger partial charge in [0.15, 0.2) is 0 Å². The minimum atomic E-state index is -0.496. The molecule has 25 heavy (non-hydrogen) atoms. The van der Waals surface area contributed by atoms with Crippen molar-refractivity contribution in [1.29, 1.82) is 0 Å². The molecule has 0 heterocycles. The molecule has 1 aromatic carbocycles. The molecule has 0 aromatic heterocycles. The zero-order valence-corrected chi connectivity index (χ0v) is 17.1. The highest BCUT2D eigenvalue weighted by Crippen LogP contribution is 2.25. The van der Waals surface area contributed by atoms with Crippen molar-refractivity contribution in [3.8, 4) is 5.75 Å². The molecular weight excluding hydrogens is 312 g/mol. The van der Waals surface area contributed by atoms with Gasteiger partial charge in [-0.2, -0.15) is 0 Å². The fourth-order valence-corrected chi connectivity index (χ4v) is 2.99. The molecule has 0 bridgehead atoms. The van der Waals surface area contributed by atoms with Crippen LogP contribution in [0.3, 0.4) is 0 Å². The highest BCUT2D eigenvalue weighted by atomic mass is 16.5. The first-order valence-electron chi connectivity index (χ1n) is 9.72. The number of aryl methyl sites for hydroxylation is 2. The average molecular weight is 351 g/mol. The third kappa shape index (κ3) is 7.76. The molecule has 0 spiro atoms. The number of benzene rings is 1. The molecule has 0 aliphatic carbocycles. The first-order chi connectivity index (χ1) is 11.9. The molecule has 4 heteroatoms. The van der Waals surface area contributed by atoms with Crippen LogP contribution in [0.4, 0.5) is 0 Å². The van der Waals surface area contributed by atoms with E-state index in [0.717, 1.165) is 42.9 Å². The predicted molar refractivity (Wildman–Crippen MR) is 107 cm³/mol. The van der Waals surface area contributed by atoms with E-state index < -0.39 is 6.10 Å². The first kappa shape index (κ1) is 21.9. The largest absolute Gasteiger partial charge is 0.490 e. The van der Waals surface area contributed by atoms with Crippen LogP contribution in [0, 0.1) is 20.8 Å². The molecule has 0 radical (unpaired) electrons. The third-order valence-electron chi connectivity index (χ3n) is 5.00. The summed E-state index contributed by atoms with van der Waals surface area (Å²) in [5.41, 5.74) is 3.49. The van der Waals surface area contributed by atoms with Crippen LogP contribution in [0.1, 0.15) is 50.3 Å². The van der Waals surface area contributed by atoms with Crippen molar-refractivity contribution in [2.24, 2.45) is 0 Å². The molecule has 144 valence electrons. The fourth-order valence-electron chi connectivity index (χ4n) is 2.99. The van der Waals surface area contributed by atoms with Crippen molar-refractivity contribution >= 4 is 0 Å². The molecule has 0 saturated carbocycles. The first-order valence-corrected chi connectivity index (χ1v) is 9.72. The minimum Gasteiger partial charge on any atom is -0.490 e. The number of nitrogens with zero attached hydrogens (tertiary/aromatic N) is 1. The van der Waals surface area contributed by atoms with Crippen molar-refractivity contribution in [3.05, 3.63) is 28.8 Å². The number of hydrogen-bond acceptors (Lipinski definition) is 4. The summed E-state index contributed by atoms with van der Waals surface area (Å²) in [4.78, 5) is 2.45. The van der Waals surface area contributed by atoms with E-state index in [1.165, 1.54) is 12.0 Å². The van der Waals surface area contributed by atoms with Gasteiger partial charge in [-0.15, -0.1) is 0 Å². The van der Waals surface area contributed by atoms with E-state index in [9.17, 15) is 5.11 Å². The number of aliphatic hydroxyl groups is 1. The van der Waals surface area contributed by atoms with Gasteiger partial charge in [-0.1, -0.05) is 26.0 Å². The van der Waals surface area contributed by atoms with Crippen LogP contribution in [0.25, 0.3) is 0 Å². The second-order valence-electron chi connectivity index (χ2n) is 7.10. The summed E-state index contributed by atoms with van der Waals surface area (Å²) in [6.07, 6.45) is 1.81. The van der Waals surface area contributed by atoms with Crippen molar-refractivity contribution in [2.75, 3.05) is 32.8 Å². The van der Waals surface area contributed by atoms with Gasteiger partial charge >= 0.3 is 0 Å². The summed E-state index contributed by atoms with van der Waals surface area (Å²) in [6.45, 7) is 17.1. The Bertz CT molecular complexity index is 501. The van der Waals surface area contributed by atoms with Gasteiger partial charge in [0.1, 0.15) is 18.5 Å². The maximum atomic E-state index is 10.2. The Kier molecular flexibility index (Phi) is 10.1. The van der Waals surface area contributed by atoms with Crippen LogP contribution in [0.15, 0.2) is 12.1 Å². The molecule has 0 saturated heterocycles. The summed E-state index contributed by atoms with van der Waals surface area (Å²) in [7, 11) is 0. The summed E-state index contributed by atoms with van der Waals surface area (Å²) >= 11 is 0. The summed E-state index contributed by atoms with van der Waals surface area (Å²) in [5, 5.41) is 13.6. The Labute approximate surface area is 154 Å². The standard InChI is InChI=1S/C21H38N2O2/c1-7-23(8-2)13-9-10-18(5)22-14-20(24)15-25-21-17(4)12-11-16(3)19(21)6/h11-12,18,20,22,24H,7-10,13-15H2,1-6H3/t18-,20-/m1/s1. The molecule has 2 N–H and O–H groups in total. The van der Waals surface area contributed by atoms with Crippen molar-refractivity contribution in [1.82, 2.24) is 10.2 Å². The number of ether oxygens (including phenoxy) is 1. The lowest BCUT2D eigenvalue weighted by molar-refractivity contribution is 0.103. The Hall–Kier alpha value is -1.10. The van der Waals surface area contributed by atoms with Crippen molar-refractivity contribution in [2.45, 2.75) is 66.5 Å². The SMILES string of the molecule is CCN(CC)CCC[C@@H](C)NC[C@@H](O)COc1c(C)ccc(C)c1C. The normalized spacial score (nSPS) is 13.9. The molecule has 2 atom stereocenters. The minimum absolute atomic E-state index is 0.324. The highest BCUT2D eigenvalue weighted by molar-refractivity contribution is 5.44. The van der Waals surface area contributed by atoms with Gasteiger partial charge in [-0.3, -0.25) is 0 Å². The van der Waals surface area contributed by atoms with Crippen LogP contribution in [-0.4, -0.2) is 54.9 Å². The average Bonchev–Trinajstić information content (AvgIpc) is 2.60. The molecule has 1 aromatic rings. The van der Waals surface area contributed by atoms with Crippen LogP contribution in [-0.2, 0) is 0 Å². The number of rotatable bonds is 12. The molecule has 0 fully saturated rings. The van der Waals surface area contributed by atoms with Crippen molar-refractivity contribution < 1.29 is 9.84 Å². The van der Waals surface area contributed by atoms with Gasteiger partial charge in [0.25, 0.3) is 0 Å². The lowest BCUT2D eigenvalue weighted by Crippen LogP contribution is -2.37. The third-order valence-corrected chi connectivity index (χ3v) is 5.00. The molecule has 0 aliphatic heterocycles. The van der Waals surface area contributed by atoms with Gasteiger partial charge < -0.3 is 20.1 Å². The summed E-state index contributed by atoms with van der Waals surface area (Å²) in [6, 6.07) is 4.59. The van der Waals surface area contributed by atoms with Gasteiger partial charge in [0, 0.05) is 12.6 Å². The van der Waals surface area contributed by atoms with E-state index in [-0.39, 0.29) is 0 Å². The Morgan fingerprint density at radius 1 is 1.12 bits per heavy atom. The molecule has 1 rings (SSSR count). The van der Waals surface area contributed by atoms with Gasteiger partial charge in [-0.25, -0.2) is 0 Å². The van der Waals surface area contributed by atoms with Crippen LogP contribution in [0.2, 0.25) is 0 Å². The van der Waals surface area contributed by atoms with Crippen LogP contribution >= 0.6 is 0 Å². The highest BCUT2D eigenvalue weighted by Gasteiger charge is 2.11. The van der Waals surface area contributed by atoms with Gasteiger partial charge in [0.2, 0.25) is 0 Å². The second-order valence-corrected chi connectivity index (χ2v) is 7.10. The maximum absolute atomic E-state index is 10.2. The monoisotopic (exact) mass is 350 g/mol. The molecule has 0 aliphatic rings. The lowest BCUT2D eigenvalue weighted by atomic mass is 10.1. The predicted octanol–water partition coefficient (Wildman–Crippen LogP) is 3.45. The summed E-state index contributed by atoms with van der Waals surface area (Å²) in [5.74, 6) is 0.909. The number of aliphatic hydroxyl groups excluding tert-OH is 1. The smallest absolute Gasteiger partial charge is 0.125 e. The Morgan fingerprint density at radius 2 is 1.76 bits per heavy atom. The fraction of sp³-hybridized carbons (Fsp3) is 0.714. The number of nitrogens with one attached hydrogen (secondary N) is 1. The van der Waals surface area contributed by atoms with E-state index in [1.54, 1.807) is 0 Å². The number of hydrogen-bond donors (Lipinski definition) is 2. The van der Waals surface area contributed by atoms with E-state index in [0.29, 0.717) is 19.2 Å².